The minimum atomic E-state index is -1.00. The maximum absolute atomic E-state index is 12.3. The number of nitrogens with zero attached hydrogens (tertiary/aromatic N) is 1. The minimum Gasteiger partial charge on any atom is -0.480 e. The van der Waals surface area contributed by atoms with Crippen LogP contribution in [0.15, 0.2) is 24.3 Å². The maximum atomic E-state index is 12.3. The summed E-state index contributed by atoms with van der Waals surface area (Å²) in [5.41, 5.74) is 1.47. The highest BCUT2D eigenvalue weighted by molar-refractivity contribution is 7.13. The second-order valence-corrected chi connectivity index (χ2v) is 6.45. The number of hydrogen-bond donors (Lipinski definition) is 2. The summed E-state index contributed by atoms with van der Waals surface area (Å²) < 4.78 is 5.65. The number of rotatable bonds is 4. The van der Waals surface area contributed by atoms with E-state index >= 15 is 0 Å². The fourth-order valence-electron chi connectivity index (χ4n) is 2.50. The van der Waals surface area contributed by atoms with Crippen LogP contribution in [-0.4, -0.2) is 28.1 Å². The lowest BCUT2D eigenvalue weighted by Crippen LogP contribution is -2.38. The molecule has 1 aliphatic rings. The summed E-state index contributed by atoms with van der Waals surface area (Å²) in [5.74, 6) is -0.490. The first-order chi connectivity index (χ1) is 11.0. The molecule has 2 atom stereocenters. The summed E-state index contributed by atoms with van der Waals surface area (Å²) in [7, 11) is 0. The molecule has 0 fully saturated rings. The van der Waals surface area contributed by atoms with Crippen LogP contribution in [0.25, 0.3) is 0 Å². The monoisotopic (exact) mass is 332 g/mol. The first-order valence-electron chi connectivity index (χ1n) is 7.21. The van der Waals surface area contributed by atoms with Crippen LogP contribution in [0.2, 0.25) is 0 Å². The van der Waals surface area contributed by atoms with Crippen molar-refractivity contribution in [2.24, 2.45) is 0 Å². The highest BCUT2D eigenvalue weighted by Crippen LogP contribution is 2.29. The quantitative estimate of drug-likeness (QED) is 0.897. The highest BCUT2D eigenvalue weighted by Gasteiger charge is 2.30. The molecule has 0 spiro atoms. The van der Waals surface area contributed by atoms with Crippen LogP contribution < -0.4 is 10.1 Å². The van der Waals surface area contributed by atoms with E-state index in [2.05, 4.69) is 10.3 Å². The molecule has 0 bridgehead atoms. The van der Waals surface area contributed by atoms with Gasteiger partial charge in [-0.05, 0) is 25.5 Å². The molecule has 120 valence electrons. The number of ether oxygens (including phenoxy) is 1. The van der Waals surface area contributed by atoms with Gasteiger partial charge in [-0.2, -0.15) is 0 Å². The summed E-state index contributed by atoms with van der Waals surface area (Å²) in [4.78, 5) is 27.9. The van der Waals surface area contributed by atoms with E-state index in [0.717, 1.165) is 22.6 Å². The predicted octanol–water partition coefficient (Wildman–Crippen LogP) is 2.33. The zero-order valence-electron chi connectivity index (χ0n) is 12.7. The van der Waals surface area contributed by atoms with Crippen LogP contribution in [0.3, 0.4) is 0 Å². The number of carboxylic acid groups (broad SMARTS) is 1. The van der Waals surface area contributed by atoms with Gasteiger partial charge < -0.3 is 15.2 Å². The van der Waals surface area contributed by atoms with Crippen molar-refractivity contribution in [2.75, 3.05) is 0 Å². The number of hydrogen-bond acceptors (Lipinski definition) is 5. The van der Waals surface area contributed by atoms with E-state index in [0.29, 0.717) is 17.1 Å². The molecule has 1 aliphatic heterocycles. The van der Waals surface area contributed by atoms with Crippen LogP contribution in [0.1, 0.15) is 38.9 Å². The summed E-state index contributed by atoms with van der Waals surface area (Å²) >= 11 is 1.08. The Hall–Kier alpha value is -2.41. The molecule has 7 heteroatoms. The number of benzene rings is 1. The van der Waals surface area contributed by atoms with Gasteiger partial charge in [0.05, 0.1) is 11.7 Å². The Balaban J connectivity index is 1.67. The Bertz CT molecular complexity index is 746. The third-order valence-electron chi connectivity index (χ3n) is 3.68. The van der Waals surface area contributed by atoms with Gasteiger partial charge in [-0.3, -0.25) is 4.79 Å². The number of aromatic nitrogens is 1. The molecule has 0 saturated carbocycles. The largest absolute Gasteiger partial charge is 0.480 e. The molecule has 6 nitrogen and oxygen atoms in total. The molecule has 3 rings (SSSR count). The van der Waals surface area contributed by atoms with Crippen LogP contribution in [-0.2, 0) is 11.2 Å². The van der Waals surface area contributed by atoms with E-state index in [1.54, 1.807) is 13.8 Å². The average Bonchev–Trinajstić information content (AvgIpc) is 3.10. The number of para-hydroxylation sites is 1. The lowest BCUT2D eigenvalue weighted by atomic mass is 10.1. The number of amides is 1. The van der Waals surface area contributed by atoms with Crippen molar-refractivity contribution in [3.05, 3.63) is 45.4 Å². The molecule has 1 amide bonds. The molecular formula is C16H16N2O4S. The van der Waals surface area contributed by atoms with Crippen LogP contribution in [0.5, 0.6) is 5.75 Å². The normalized spacial score (nSPS) is 17.2. The summed E-state index contributed by atoms with van der Waals surface area (Å²) in [6.45, 7) is 3.43. The molecule has 23 heavy (non-hydrogen) atoms. The number of carbonyl (C=O) groups is 2. The van der Waals surface area contributed by atoms with Gasteiger partial charge in [-0.25, -0.2) is 9.78 Å². The van der Waals surface area contributed by atoms with Crippen molar-refractivity contribution in [3.8, 4) is 5.75 Å². The number of fused-ring (bicyclic) bond motifs is 1. The Morgan fingerprint density at radius 2 is 2.17 bits per heavy atom. The highest BCUT2D eigenvalue weighted by atomic mass is 32.1. The molecule has 2 N–H and O–H groups in total. The van der Waals surface area contributed by atoms with Crippen molar-refractivity contribution in [1.82, 2.24) is 10.3 Å². The lowest BCUT2D eigenvalue weighted by Gasteiger charge is -2.15. The molecule has 2 aromatic rings. The molecule has 0 aliphatic carbocycles. The van der Waals surface area contributed by atoms with Crippen molar-refractivity contribution < 1.29 is 19.4 Å². The zero-order valence-corrected chi connectivity index (χ0v) is 13.5. The van der Waals surface area contributed by atoms with Crippen LogP contribution in [0.4, 0.5) is 0 Å². The Kier molecular flexibility index (Phi) is 4.04. The van der Waals surface area contributed by atoms with Crippen molar-refractivity contribution >= 4 is 23.2 Å². The second kappa shape index (κ2) is 6.00. The van der Waals surface area contributed by atoms with Crippen molar-refractivity contribution in [3.63, 3.8) is 0 Å². The standard InChI is InChI=1S/C16H16N2O4S/c1-8-13(16(20)21)23-15(18-8)9(2)17-14(19)12-7-10-5-3-4-6-11(10)22-12/h3-6,9,12H,7H2,1-2H3,(H,17,19)(H,20,21). The zero-order chi connectivity index (χ0) is 16.6. The summed E-state index contributed by atoms with van der Waals surface area (Å²) in [6, 6.07) is 7.20. The minimum absolute atomic E-state index is 0.200. The Morgan fingerprint density at radius 3 is 2.83 bits per heavy atom. The average molecular weight is 332 g/mol. The van der Waals surface area contributed by atoms with Gasteiger partial charge in [-0.1, -0.05) is 18.2 Å². The topological polar surface area (TPSA) is 88.5 Å². The fourth-order valence-corrected chi connectivity index (χ4v) is 3.41. The van der Waals surface area contributed by atoms with E-state index in [4.69, 9.17) is 9.84 Å². The molecule has 1 aromatic carbocycles. The number of nitrogens with one attached hydrogen (secondary N) is 1. The van der Waals surface area contributed by atoms with E-state index < -0.39 is 12.1 Å². The molecule has 1 aromatic heterocycles. The SMILES string of the molecule is Cc1nc(C(C)NC(=O)C2Cc3ccccc3O2)sc1C(=O)O. The number of aryl methyl sites for hydroxylation is 1. The van der Waals surface area contributed by atoms with Gasteiger partial charge in [0, 0.05) is 6.42 Å². The molecule has 0 saturated heterocycles. The van der Waals surface area contributed by atoms with Crippen LogP contribution >= 0.6 is 11.3 Å². The second-order valence-electron chi connectivity index (χ2n) is 5.42. The van der Waals surface area contributed by atoms with Gasteiger partial charge in [0.25, 0.3) is 5.91 Å². The maximum Gasteiger partial charge on any atom is 0.347 e. The predicted molar refractivity (Wildman–Crippen MR) is 84.9 cm³/mol. The first-order valence-corrected chi connectivity index (χ1v) is 8.03. The van der Waals surface area contributed by atoms with Gasteiger partial charge in [0.2, 0.25) is 0 Å². The van der Waals surface area contributed by atoms with E-state index in [1.165, 1.54) is 0 Å². The lowest BCUT2D eigenvalue weighted by molar-refractivity contribution is -0.127. The van der Waals surface area contributed by atoms with E-state index in [-0.39, 0.29) is 16.8 Å². The molecule has 2 heterocycles. The number of thiazole rings is 1. The Labute approximate surface area is 137 Å². The number of aromatic carboxylic acids is 1. The summed E-state index contributed by atoms with van der Waals surface area (Å²) in [5, 5.41) is 12.5. The Morgan fingerprint density at radius 1 is 1.43 bits per heavy atom. The third kappa shape index (κ3) is 3.05. The third-order valence-corrected chi connectivity index (χ3v) is 5.00. The molecule has 2 unspecified atom stereocenters. The van der Waals surface area contributed by atoms with Gasteiger partial charge in [-0.15, -0.1) is 11.3 Å². The van der Waals surface area contributed by atoms with Gasteiger partial charge in [0.1, 0.15) is 15.6 Å². The molecular weight excluding hydrogens is 316 g/mol. The van der Waals surface area contributed by atoms with Crippen molar-refractivity contribution in [2.45, 2.75) is 32.4 Å². The number of carboxylic acids is 1. The smallest absolute Gasteiger partial charge is 0.347 e. The van der Waals surface area contributed by atoms with Crippen LogP contribution in [0, 0.1) is 6.92 Å². The fraction of sp³-hybridized carbons (Fsp3) is 0.312. The first kappa shape index (κ1) is 15.5. The van der Waals surface area contributed by atoms with Gasteiger partial charge in [0.15, 0.2) is 6.10 Å². The summed E-state index contributed by atoms with van der Waals surface area (Å²) in [6.07, 6.45) is -0.0266. The molecule has 0 radical (unpaired) electrons. The van der Waals surface area contributed by atoms with E-state index in [1.807, 2.05) is 24.3 Å². The number of carbonyl (C=O) groups excluding carboxylic acids is 1. The van der Waals surface area contributed by atoms with Crippen molar-refractivity contribution in [1.29, 1.82) is 0 Å². The van der Waals surface area contributed by atoms with E-state index in [9.17, 15) is 9.59 Å². The van der Waals surface area contributed by atoms with Gasteiger partial charge >= 0.3 is 5.97 Å².